The van der Waals surface area contributed by atoms with Crippen LogP contribution in [0.5, 0.6) is 5.75 Å². The van der Waals surface area contributed by atoms with Crippen LogP contribution in [0.15, 0.2) is 36.8 Å². The highest BCUT2D eigenvalue weighted by Crippen LogP contribution is 2.27. The van der Waals surface area contributed by atoms with Crippen molar-refractivity contribution in [1.29, 1.82) is 5.26 Å². The first kappa shape index (κ1) is 21.4. The second-order valence-corrected chi connectivity index (χ2v) is 7.63. The molecule has 0 amide bonds. The maximum atomic E-state index is 14.1. The third kappa shape index (κ3) is 4.44. The lowest BCUT2D eigenvalue weighted by atomic mass is 10.1. The van der Waals surface area contributed by atoms with E-state index in [2.05, 4.69) is 26.9 Å². The van der Waals surface area contributed by atoms with Gasteiger partial charge < -0.3 is 9.64 Å². The van der Waals surface area contributed by atoms with Crippen molar-refractivity contribution in [2.24, 2.45) is 0 Å². The largest absolute Gasteiger partial charge is 0.486 e. The molecule has 0 spiro atoms. The Balaban J connectivity index is 1.41. The number of anilines is 1. The number of aryl methyl sites for hydroxylation is 1. The predicted octanol–water partition coefficient (Wildman–Crippen LogP) is 3.48. The van der Waals surface area contributed by atoms with Crippen molar-refractivity contribution >= 4 is 12.2 Å². The van der Waals surface area contributed by atoms with Gasteiger partial charge in [0.25, 0.3) is 0 Å². The fourth-order valence-electron chi connectivity index (χ4n) is 3.79. The molecule has 164 valence electrons. The van der Waals surface area contributed by atoms with Crippen LogP contribution >= 0.6 is 0 Å². The topological polar surface area (TPSA) is 96.9 Å². The lowest BCUT2D eigenvalue weighted by molar-refractivity contribution is 0.110. The zero-order valence-corrected chi connectivity index (χ0v) is 17.7. The third-order valence-electron chi connectivity index (χ3n) is 5.66. The predicted molar refractivity (Wildman–Crippen MR) is 115 cm³/mol. The Morgan fingerprint density at radius 2 is 2.00 bits per heavy atom. The molecule has 1 aromatic carbocycles. The molecule has 0 bridgehead atoms. The molecule has 1 saturated heterocycles. The van der Waals surface area contributed by atoms with Crippen molar-refractivity contribution in [2.45, 2.75) is 38.8 Å². The van der Waals surface area contributed by atoms with E-state index in [1.807, 2.05) is 18.5 Å². The molecule has 0 unspecified atom stereocenters. The van der Waals surface area contributed by atoms with Crippen LogP contribution < -0.4 is 9.64 Å². The van der Waals surface area contributed by atoms with Gasteiger partial charge in [-0.1, -0.05) is 6.92 Å². The Morgan fingerprint density at radius 3 is 2.62 bits per heavy atom. The number of nitrogens with zero attached hydrogens (tertiary/aromatic N) is 6. The van der Waals surface area contributed by atoms with Crippen molar-refractivity contribution in [3.8, 4) is 11.8 Å². The maximum Gasteiger partial charge on any atom is 0.225 e. The van der Waals surface area contributed by atoms with E-state index in [9.17, 15) is 9.18 Å². The molecule has 1 fully saturated rings. The maximum absolute atomic E-state index is 14.1. The zero-order chi connectivity index (χ0) is 22.5. The zero-order valence-electron chi connectivity index (χ0n) is 17.7. The Kier molecular flexibility index (Phi) is 6.40. The standard InChI is InChI=1S/C23H23FN6O2/c1-2-16-11-26-23(27-12-16)29-7-5-19(6-8-29)30-21(14-31)18(13-28-30)15-32-22-4-3-17(10-25)9-20(22)24/h3-4,9,11-14,19H,2,5-8,15H2,1H3. The molecule has 8 nitrogen and oxygen atoms in total. The van der Waals surface area contributed by atoms with Gasteiger partial charge in [0, 0.05) is 31.0 Å². The second-order valence-electron chi connectivity index (χ2n) is 7.63. The SMILES string of the molecule is CCc1cnc(N2CCC(n3ncc(COc4ccc(C#N)cc4F)c3C=O)CC2)nc1. The first-order valence-electron chi connectivity index (χ1n) is 10.5. The minimum Gasteiger partial charge on any atom is -0.486 e. The van der Waals surface area contributed by atoms with Crippen LogP contribution in [0.2, 0.25) is 0 Å². The highest BCUT2D eigenvalue weighted by atomic mass is 19.1. The van der Waals surface area contributed by atoms with Gasteiger partial charge in [-0.25, -0.2) is 14.4 Å². The lowest BCUT2D eigenvalue weighted by Crippen LogP contribution is -2.36. The van der Waals surface area contributed by atoms with Crippen molar-refractivity contribution < 1.29 is 13.9 Å². The van der Waals surface area contributed by atoms with E-state index in [0.717, 1.165) is 56.2 Å². The molecule has 0 saturated carbocycles. The number of rotatable bonds is 7. The van der Waals surface area contributed by atoms with Crippen LogP contribution in [-0.4, -0.2) is 39.1 Å². The summed E-state index contributed by atoms with van der Waals surface area (Å²) in [7, 11) is 0. The summed E-state index contributed by atoms with van der Waals surface area (Å²) < 4.78 is 21.3. The van der Waals surface area contributed by atoms with Gasteiger partial charge in [0.05, 0.1) is 23.9 Å². The summed E-state index contributed by atoms with van der Waals surface area (Å²) in [5.41, 5.74) is 2.34. The number of halogens is 1. The van der Waals surface area contributed by atoms with Gasteiger partial charge >= 0.3 is 0 Å². The quantitative estimate of drug-likeness (QED) is 0.525. The van der Waals surface area contributed by atoms with Crippen LogP contribution in [0.3, 0.4) is 0 Å². The van der Waals surface area contributed by atoms with Crippen molar-refractivity contribution in [2.75, 3.05) is 18.0 Å². The third-order valence-corrected chi connectivity index (χ3v) is 5.66. The van der Waals surface area contributed by atoms with E-state index in [-0.39, 0.29) is 24.0 Å². The van der Waals surface area contributed by atoms with Gasteiger partial charge in [-0.05, 0) is 43.0 Å². The summed E-state index contributed by atoms with van der Waals surface area (Å²) in [6, 6.07) is 5.96. The molecule has 1 aliphatic heterocycles. The number of ether oxygens (including phenoxy) is 1. The van der Waals surface area contributed by atoms with Gasteiger partial charge in [-0.2, -0.15) is 10.4 Å². The van der Waals surface area contributed by atoms with Crippen molar-refractivity contribution in [3.05, 3.63) is 65.0 Å². The van der Waals surface area contributed by atoms with Crippen LogP contribution in [0.1, 0.15) is 53.0 Å². The summed E-state index contributed by atoms with van der Waals surface area (Å²) in [6.07, 6.45) is 8.56. The lowest BCUT2D eigenvalue weighted by Gasteiger charge is -2.32. The molecular weight excluding hydrogens is 411 g/mol. The van der Waals surface area contributed by atoms with E-state index < -0.39 is 5.82 Å². The molecule has 0 N–H and O–H groups in total. The molecule has 9 heteroatoms. The molecule has 3 heterocycles. The number of carbonyl (C=O) groups is 1. The summed E-state index contributed by atoms with van der Waals surface area (Å²) in [6.45, 7) is 3.60. The molecular formula is C23H23FN6O2. The number of benzene rings is 1. The van der Waals surface area contributed by atoms with Crippen LogP contribution in [0, 0.1) is 17.1 Å². The average Bonchev–Trinajstić information content (AvgIpc) is 3.26. The number of hydrogen-bond acceptors (Lipinski definition) is 7. The molecule has 2 aromatic heterocycles. The Bertz CT molecular complexity index is 1130. The summed E-state index contributed by atoms with van der Waals surface area (Å²) in [5, 5.41) is 13.3. The average molecular weight is 434 g/mol. The fraction of sp³-hybridized carbons (Fsp3) is 0.348. The van der Waals surface area contributed by atoms with Gasteiger partial charge in [-0.15, -0.1) is 0 Å². The smallest absolute Gasteiger partial charge is 0.225 e. The van der Waals surface area contributed by atoms with Crippen molar-refractivity contribution in [1.82, 2.24) is 19.7 Å². The van der Waals surface area contributed by atoms with E-state index in [1.54, 1.807) is 10.9 Å². The number of piperidine rings is 1. The second kappa shape index (κ2) is 9.56. The normalized spacial score (nSPS) is 14.2. The number of aldehydes is 1. The minimum atomic E-state index is -0.620. The Labute approximate surface area is 185 Å². The van der Waals surface area contributed by atoms with Gasteiger partial charge in [0.2, 0.25) is 5.95 Å². The van der Waals surface area contributed by atoms with E-state index in [0.29, 0.717) is 11.3 Å². The summed E-state index contributed by atoms with van der Waals surface area (Å²) in [4.78, 5) is 22.8. The van der Waals surface area contributed by atoms with Crippen LogP contribution in [-0.2, 0) is 13.0 Å². The van der Waals surface area contributed by atoms with Crippen LogP contribution in [0.25, 0.3) is 0 Å². The number of hydrogen-bond donors (Lipinski definition) is 0. The van der Waals surface area contributed by atoms with E-state index >= 15 is 0 Å². The number of aromatic nitrogens is 4. The van der Waals surface area contributed by atoms with Gasteiger partial charge in [0.15, 0.2) is 17.9 Å². The molecule has 4 rings (SSSR count). The highest BCUT2D eigenvalue weighted by molar-refractivity contribution is 5.74. The number of carbonyl (C=O) groups excluding carboxylic acids is 1. The monoisotopic (exact) mass is 434 g/mol. The Morgan fingerprint density at radius 1 is 1.25 bits per heavy atom. The summed E-state index contributed by atoms with van der Waals surface area (Å²) in [5.74, 6) is 0.122. The summed E-state index contributed by atoms with van der Waals surface area (Å²) >= 11 is 0. The molecule has 0 atom stereocenters. The molecule has 1 aliphatic rings. The first-order chi connectivity index (χ1) is 15.6. The van der Waals surface area contributed by atoms with Crippen molar-refractivity contribution in [3.63, 3.8) is 0 Å². The minimum absolute atomic E-state index is 0.00730. The molecule has 3 aromatic rings. The highest BCUT2D eigenvalue weighted by Gasteiger charge is 2.25. The first-order valence-corrected chi connectivity index (χ1v) is 10.5. The van der Waals surface area contributed by atoms with E-state index in [4.69, 9.17) is 10.00 Å². The molecule has 0 aliphatic carbocycles. The van der Waals surface area contributed by atoms with E-state index in [1.165, 1.54) is 12.1 Å². The van der Waals surface area contributed by atoms with Crippen LogP contribution in [0.4, 0.5) is 10.3 Å². The molecule has 32 heavy (non-hydrogen) atoms. The number of nitriles is 1. The Hall–Kier alpha value is -3.80. The molecule has 0 radical (unpaired) electrons. The van der Waals surface area contributed by atoms with Gasteiger partial charge in [0.1, 0.15) is 12.3 Å². The van der Waals surface area contributed by atoms with Gasteiger partial charge in [-0.3, -0.25) is 9.48 Å². The fourth-order valence-corrected chi connectivity index (χ4v) is 3.79.